The second-order valence-corrected chi connectivity index (χ2v) is 4.64. The van der Waals surface area contributed by atoms with Crippen LogP contribution in [0.4, 0.5) is 0 Å². The molecule has 0 fully saturated rings. The van der Waals surface area contributed by atoms with Crippen LogP contribution in [0.2, 0.25) is 0 Å². The summed E-state index contributed by atoms with van der Waals surface area (Å²) >= 11 is 0. The van der Waals surface area contributed by atoms with Gasteiger partial charge in [0.1, 0.15) is 5.82 Å². The van der Waals surface area contributed by atoms with E-state index in [1.165, 1.54) is 11.1 Å². The van der Waals surface area contributed by atoms with Gasteiger partial charge in [-0.1, -0.05) is 29.8 Å². The van der Waals surface area contributed by atoms with E-state index in [-0.39, 0.29) is 0 Å². The van der Waals surface area contributed by atoms with Gasteiger partial charge in [0.15, 0.2) is 0 Å². The van der Waals surface area contributed by atoms with Gasteiger partial charge in [-0.2, -0.15) is 0 Å². The molecule has 1 atom stereocenters. The van der Waals surface area contributed by atoms with E-state index >= 15 is 0 Å². The van der Waals surface area contributed by atoms with Crippen molar-refractivity contribution >= 4 is 0 Å². The zero-order valence-electron chi connectivity index (χ0n) is 11.4. The number of hydrogen-bond donors (Lipinski definition) is 1. The molecule has 18 heavy (non-hydrogen) atoms. The van der Waals surface area contributed by atoms with E-state index in [4.69, 9.17) is 0 Å². The number of benzene rings is 1. The molecule has 2 rings (SSSR count). The lowest BCUT2D eigenvalue weighted by Crippen LogP contribution is -2.20. The second-order valence-electron chi connectivity index (χ2n) is 4.64. The molecule has 0 radical (unpaired) electrons. The van der Waals surface area contributed by atoms with Crippen molar-refractivity contribution in [3.05, 3.63) is 53.6 Å². The topological polar surface area (TPSA) is 29.9 Å². The SMILES string of the molecule is CCn1ccnc1CN[C@@H](C)c1ccc(C)cc1. The standard InChI is InChI=1S/C15H21N3/c1-4-18-10-9-16-15(18)11-17-13(3)14-7-5-12(2)6-8-14/h5-10,13,17H,4,11H2,1-3H3/t13-/m0/s1. The smallest absolute Gasteiger partial charge is 0.122 e. The van der Waals surface area contributed by atoms with Crippen molar-refractivity contribution in [1.29, 1.82) is 0 Å². The van der Waals surface area contributed by atoms with Crippen molar-refractivity contribution in [1.82, 2.24) is 14.9 Å². The lowest BCUT2D eigenvalue weighted by molar-refractivity contribution is 0.540. The van der Waals surface area contributed by atoms with E-state index in [9.17, 15) is 0 Å². The molecule has 0 spiro atoms. The Labute approximate surface area is 109 Å². The summed E-state index contributed by atoms with van der Waals surface area (Å²) in [6.07, 6.45) is 3.88. The predicted octanol–water partition coefficient (Wildman–Crippen LogP) is 3.06. The van der Waals surface area contributed by atoms with Gasteiger partial charge in [0.2, 0.25) is 0 Å². The Morgan fingerprint density at radius 1 is 1.28 bits per heavy atom. The minimum Gasteiger partial charge on any atom is -0.334 e. The molecule has 0 aliphatic carbocycles. The van der Waals surface area contributed by atoms with Crippen LogP contribution in [0.25, 0.3) is 0 Å². The van der Waals surface area contributed by atoms with Crippen molar-refractivity contribution in [3.8, 4) is 0 Å². The van der Waals surface area contributed by atoms with Crippen LogP contribution in [-0.2, 0) is 13.1 Å². The Morgan fingerprint density at radius 3 is 2.67 bits per heavy atom. The number of nitrogens with zero attached hydrogens (tertiary/aromatic N) is 2. The van der Waals surface area contributed by atoms with Crippen LogP contribution in [-0.4, -0.2) is 9.55 Å². The molecule has 96 valence electrons. The third kappa shape index (κ3) is 2.99. The van der Waals surface area contributed by atoms with Crippen LogP contribution in [0.15, 0.2) is 36.7 Å². The average Bonchev–Trinajstić information content (AvgIpc) is 2.84. The van der Waals surface area contributed by atoms with E-state index in [0.29, 0.717) is 6.04 Å². The molecule has 3 heteroatoms. The van der Waals surface area contributed by atoms with Crippen LogP contribution in [0.1, 0.15) is 36.8 Å². The number of hydrogen-bond acceptors (Lipinski definition) is 2. The lowest BCUT2D eigenvalue weighted by Gasteiger charge is -2.14. The van der Waals surface area contributed by atoms with Crippen molar-refractivity contribution in [2.24, 2.45) is 0 Å². The molecular formula is C15H21N3. The Balaban J connectivity index is 1.96. The minimum atomic E-state index is 0.340. The average molecular weight is 243 g/mol. The monoisotopic (exact) mass is 243 g/mol. The molecule has 1 aromatic heterocycles. The third-order valence-corrected chi connectivity index (χ3v) is 3.29. The van der Waals surface area contributed by atoms with Gasteiger partial charge in [-0.15, -0.1) is 0 Å². The number of aromatic nitrogens is 2. The molecule has 0 unspecified atom stereocenters. The first-order valence-corrected chi connectivity index (χ1v) is 6.50. The molecule has 0 aliphatic rings. The Hall–Kier alpha value is -1.61. The quantitative estimate of drug-likeness (QED) is 0.874. The summed E-state index contributed by atoms with van der Waals surface area (Å²) in [5.74, 6) is 1.09. The molecule has 0 amide bonds. The number of aryl methyl sites for hydroxylation is 2. The van der Waals surface area contributed by atoms with Gasteiger partial charge in [0.25, 0.3) is 0 Å². The van der Waals surface area contributed by atoms with E-state index in [1.807, 2.05) is 12.4 Å². The highest BCUT2D eigenvalue weighted by Gasteiger charge is 2.06. The Morgan fingerprint density at radius 2 is 2.00 bits per heavy atom. The Kier molecular flexibility index (Phi) is 4.15. The molecule has 0 saturated heterocycles. The van der Waals surface area contributed by atoms with Crippen molar-refractivity contribution in [3.63, 3.8) is 0 Å². The first-order valence-electron chi connectivity index (χ1n) is 6.50. The summed E-state index contributed by atoms with van der Waals surface area (Å²) in [7, 11) is 0. The van der Waals surface area contributed by atoms with Crippen LogP contribution in [0, 0.1) is 6.92 Å². The zero-order valence-corrected chi connectivity index (χ0v) is 11.4. The fourth-order valence-corrected chi connectivity index (χ4v) is 2.01. The van der Waals surface area contributed by atoms with Gasteiger partial charge in [-0.05, 0) is 26.3 Å². The summed E-state index contributed by atoms with van der Waals surface area (Å²) in [6, 6.07) is 9.01. The Bertz CT molecular complexity index is 485. The van der Waals surface area contributed by atoms with Gasteiger partial charge >= 0.3 is 0 Å². The van der Waals surface area contributed by atoms with E-state index < -0.39 is 0 Å². The van der Waals surface area contributed by atoms with E-state index in [0.717, 1.165) is 18.9 Å². The zero-order chi connectivity index (χ0) is 13.0. The molecule has 0 saturated carbocycles. The maximum absolute atomic E-state index is 4.37. The van der Waals surface area contributed by atoms with Crippen LogP contribution in [0.5, 0.6) is 0 Å². The highest BCUT2D eigenvalue weighted by Crippen LogP contribution is 2.13. The molecule has 1 N–H and O–H groups in total. The lowest BCUT2D eigenvalue weighted by atomic mass is 10.1. The third-order valence-electron chi connectivity index (χ3n) is 3.29. The molecule has 1 heterocycles. The highest BCUT2D eigenvalue weighted by atomic mass is 15.1. The minimum absolute atomic E-state index is 0.340. The summed E-state index contributed by atoms with van der Waals surface area (Å²) in [5.41, 5.74) is 2.61. The fourth-order valence-electron chi connectivity index (χ4n) is 2.01. The normalized spacial score (nSPS) is 12.6. The number of rotatable bonds is 5. The van der Waals surface area contributed by atoms with Gasteiger partial charge in [0.05, 0.1) is 6.54 Å². The molecule has 3 nitrogen and oxygen atoms in total. The highest BCUT2D eigenvalue weighted by molar-refractivity contribution is 5.23. The maximum atomic E-state index is 4.37. The summed E-state index contributed by atoms with van der Waals surface area (Å²) in [6.45, 7) is 8.20. The van der Waals surface area contributed by atoms with Gasteiger partial charge in [-0.3, -0.25) is 0 Å². The van der Waals surface area contributed by atoms with Gasteiger partial charge in [0, 0.05) is 25.0 Å². The first kappa shape index (κ1) is 12.8. The molecule has 0 bridgehead atoms. The van der Waals surface area contributed by atoms with Crippen LogP contribution >= 0.6 is 0 Å². The summed E-state index contributed by atoms with van der Waals surface area (Å²) in [5, 5.41) is 3.51. The van der Waals surface area contributed by atoms with Crippen molar-refractivity contribution in [2.45, 2.75) is 39.9 Å². The van der Waals surface area contributed by atoms with Gasteiger partial charge in [-0.25, -0.2) is 4.98 Å². The van der Waals surface area contributed by atoms with Gasteiger partial charge < -0.3 is 9.88 Å². The molecular weight excluding hydrogens is 222 g/mol. The van der Waals surface area contributed by atoms with E-state index in [1.54, 1.807) is 0 Å². The molecule has 1 aromatic carbocycles. The van der Waals surface area contributed by atoms with E-state index in [2.05, 4.69) is 59.9 Å². The maximum Gasteiger partial charge on any atom is 0.122 e. The number of nitrogens with one attached hydrogen (secondary N) is 1. The predicted molar refractivity (Wildman–Crippen MR) is 74.3 cm³/mol. The fraction of sp³-hybridized carbons (Fsp3) is 0.400. The molecule has 2 aromatic rings. The van der Waals surface area contributed by atoms with Crippen LogP contribution < -0.4 is 5.32 Å². The summed E-state index contributed by atoms with van der Waals surface area (Å²) in [4.78, 5) is 4.37. The molecule has 0 aliphatic heterocycles. The van der Waals surface area contributed by atoms with Crippen molar-refractivity contribution < 1.29 is 0 Å². The van der Waals surface area contributed by atoms with Crippen molar-refractivity contribution in [2.75, 3.05) is 0 Å². The first-order chi connectivity index (χ1) is 8.70. The largest absolute Gasteiger partial charge is 0.334 e. The number of imidazole rings is 1. The second kappa shape index (κ2) is 5.83. The van der Waals surface area contributed by atoms with Crippen LogP contribution in [0.3, 0.4) is 0 Å². The summed E-state index contributed by atoms with van der Waals surface area (Å²) < 4.78 is 2.16.